The van der Waals surface area contributed by atoms with Gasteiger partial charge in [0.2, 0.25) is 0 Å². The predicted molar refractivity (Wildman–Crippen MR) is 102 cm³/mol. The molecule has 0 aliphatic carbocycles. The molecule has 0 aliphatic rings. The van der Waals surface area contributed by atoms with E-state index in [9.17, 15) is 0 Å². The average Bonchev–Trinajstić information content (AvgIpc) is 2.84. The van der Waals surface area contributed by atoms with E-state index in [2.05, 4.69) is 61.5 Å². The molecule has 0 unspecified atom stereocenters. The van der Waals surface area contributed by atoms with Crippen LogP contribution >= 0.6 is 35.3 Å². The summed E-state index contributed by atoms with van der Waals surface area (Å²) in [6.45, 7) is 1.04. The van der Waals surface area contributed by atoms with Gasteiger partial charge in [0.25, 0.3) is 0 Å². The number of benzene rings is 2. The van der Waals surface area contributed by atoms with E-state index in [0.29, 0.717) is 0 Å². The smallest absolute Gasteiger partial charge is 0.0413 e. The number of fused-ring (bicyclic) bond motifs is 1. The van der Waals surface area contributed by atoms with E-state index >= 15 is 0 Å². The Hall–Kier alpha value is -1.06. The topological polar surface area (TPSA) is 3.24 Å². The van der Waals surface area contributed by atoms with Gasteiger partial charge in [-0.15, -0.1) is 23.7 Å². The molecule has 0 N–H and O–H groups in total. The maximum Gasteiger partial charge on any atom is 0.0413 e. The summed E-state index contributed by atoms with van der Waals surface area (Å²) in [6.07, 6.45) is 1.04. The standard InChI is InChI=1S/C18H18ClNS.ClH/c1-20(2)11-10-15-16-12-14(19)8-9-17(16)21-18(15)13-6-4-3-5-7-13;/h3-9,12H,10-11H2,1-2H3;1H. The second-order valence-electron chi connectivity index (χ2n) is 5.47. The molecule has 4 heteroatoms. The van der Waals surface area contributed by atoms with Gasteiger partial charge in [-0.05, 0) is 55.2 Å². The van der Waals surface area contributed by atoms with E-state index in [-0.39, 0.29) is 12.4 Å². The summed E-state index contributed by atoms with van der Waals surface area (Å²) < 4.78 is 1.31. The third-order valence-electron chi connectivity index (χ3n) is 3.60. The van der Waals surface area contributed by atoms with E-state index in [0.717, 1.165) is 18.0 Å². The van der Waals surface area contributed by atoms with Gasteiger partial charge >= 0.3 is 0 Å². The molecule has 0 saturated carbocycles. The zero-order valence-electron chi connectivity index (χ0n) is 12.7. The van der Waals surface area contributed by atoms with Crippen molar-refractivity contribution in [2.24, 2.45) is 0 Å². The SMILES string of the molecule is CN(C)CCc1c(-c2ccccc2)sc2ccc(Cl)cc12.Cl. The van der Waals surface area contributed by atoms with Crippen LogP contribution in [-0.4, -0.2) is 25.5 Å². The number of nitrogens with zero attached hydrogens (tertiary/aromatic N) is 1. The van der Waals surface area contributed by atoms with Crippen molar-refractivity contribution in [2.45, 2.75) is 6.42 Å². The van der Waals surface area contributed by atoms with Crippen molar-refractivity contribution >= 4 is 45.4 Å². The summed E-state index contributed by atoms with van der Waals surface area (Å²) in [5.74, 6) is 0. The van der Waals surface area contributed by atoms with Crippen molar-refractivity contribution in [3.05, 3.63) is 59.1 Å². The van der Waals surface area contributed by atoms with E-state index in [1.807, 2.05) is 17.4 Å². The monoisotopic (exact) mass is 351 g/mol. The van der Waals surface area contributed by atoms with Gasteiger partial charge in [0, 0.05) is 21.1 Å². The molecule has 0 radical (unpaired) electrons. The summed E-state index contributed by atoms with van der Waals surface area (Å²) in [4.78, 5) is 3.60. The average molecular weight is 352 g/mol. The second kappa shape index (κ2) is 7.47. The van der Waals surface area contributed by atoms with Gasteiger partial charge in [-0.2, -0.15) is 0 Å². The molecule has 3 rings (SSSR count). The Morgan fingerprint density at radius 2 is 1.77 bits per heavy atom. The Morgan fingerprint density at radius 3 is 2.45 bits per heavy atom. The van der Waals surface area contributed by atoms with Crippen LogP contribution in [0.15, 0.2) is 48.5 Å². The number of hydrogen-bond acceptors (Lipinski definition) is 2. The van der Waals surface area contributed by atoms with Crippen LogP contribution in [0.3, 0.4) is 0 Å². The van der Waals surface area contributed by atoms with Gasteiger partial charge in [0.1, 0.15) is 0 Å². The first-order valence-electron chi connectivity index (χ1n) is 7.06. The minimum atomic E-state index is 0. The maximum atomic E-state index is 6.20. The third-order valence-corrected chi connectivity index (χ3v) is 5.10. The van der Waals surface area contributed by atoms with Crippen LogP contribution < -0.4 is 0 Å². The fourth-order valence-corrected chi connectivity index (χ4v) is 3.94. The van der Waals surface area contributed by atoms with Gasteiger partial charge in [-0.25, -0.2) is 0 Å². The zero-order chi connectivity index (χ0) is 14.8. The van der Waals surface area contributed by atoms with Crippen molar-refractivity contribution in [2.75, 3.05) is 20.6 Å². The summed E-state index contributed by atoms with van der Waals surface area (Å²) in [6, 6.07) is 16.8. The lowest BCUT2D eigenvalue weighted by Crippen LogP contribution is -2.15. The summed E-state index contributed by atoms with van der Waals surface area (Å²) >= 11 is 8.06. The van der Waals surface area contributed by atoms with Crippen molar-refractivity contribution in [1.82, 2.24) is 4.90 Å². The summed E-state index contributed by atoms with van der Waals surface area (Å²) in [5.41, 5.74) is 2.71. The molecule has 3 aromatic rings. The Morgan fingerprint density at radius 1 is 1.05 bits per heavy atom. The molecular weight excluding hydrogens is 333 g/mol. The van der Waals surface area contributed by atoms with Crippen molar-refractivity contribution in [3.63, 3.8) is 0 Å². The lowest BCUT2D eigenvalue weighted by atomic mass is 10.0. The molecule has 0 aliphatic heterocycles. The fourth-order valence-electron chi connectivity index (χ4n) is 2.53. The largest absolute Gasteiger partial charge is 0.309 e. The minimum Gasteiger partial charge on any atom is -0.309 e. The molecule has 22 heavy (non-hydrogen) atoms. The molecule has 0 fully saturated rings. The summed E-state index contributed by atoms with van der Waals surface area (Å²) in [5, 5.41) is 2.11. The highest BCUT2D eigenvalue weighted by atomic mass is 35.5. The molecule has 0 saturated heterocycles. The minimum absolute atomic E-state index is 0. The van der Waals surface area contributed by atoms with E-state index in [4.69, 9.17) is 11.6 Å². The molecule has 0 atom stereocenters. The van der Waals surface area contributed by atoms with Crippen molar-refractivity contribution in [1.29, 1.82) is 0 Å². The van der Waals surface area contributed by atoms with Crippen LogP contribution in [0.5, 0.6) is 0 Å². The van der Waals surface area contributed by atoms with Crippen LogP contribution in [0.1, 0.15) is 5.56 Å². The highest BCUT2D eigenvalue weighted by Gasteiger charge is 2.14. The van der Waals surface area contributed by atoms with Crippen LogP contribution in [0.25, 0.3) is 20.5 Å². The van der Waals surface area contributed by atoms with Crippen LogP contribution in [-0.2, 0) is 6.42 Å². The molecular formula is C18H19Cl2NS. The highest BCUT2D eigenvalue weighted by molar-refractivity contribution is 7.22. The van der Waals surface area contributed by atoms with Gasteiger partial charge in [-0.3, -0.25) is 0 Å². The molecule has 0 bridgehead atoms. The molecule has 0 amide bonds. The van der Waals surface area contributed by atoms with Crippen LogP contribution in [0.2, 0.25) is 5.02 Å². The number of hydrogen-bond donors (Lipinski definition) is 0. The van der Waals surface area contributed by atoms with Crippen molar-refractivity contribution in [3.8, 4) is 10.4 Å². The summed E-state index contributed by atoms with van der Waals surface area (Å²) in [7, 11) is 4.23. The van der Waals surface area contributed by atoms with Crippen molar-refractivity contribution < 1.29 is 0 Å². The zero-order valence-corrected chi connectivity index (χ0v) is 15.1. The molecule has 1 heterocycles. The normalized spacial score (nSPS) is 10.9. The predicted octanol–water partition coefficient (Wildman–Crippen LogP) is 5.75. The highest BCUT2D eigenvalue weighted by Crippen LogP contribution is 2.39. The number of thiophene rings is 1. The molecule has 0 spiro atoms. The van der Waals surface area contributed by atoms with E-state index in [1.165, 1.54) is 26.1 Å². The first-order chi connectivity index (χ1) is 10.1. The Bertz CT molecular complexity index is 750. The molecule has 2 aromatic carbocycles. The number of rotatable bonds is 4. The van der Waals surface area contributed by atoms with Gasteiger partial charge in [-0.1, -0.05) is 41.9 Å². The number of halogens is 2. The lowest BCUT2D eigenvalue weighted by Gasteiger charge is -2.10. The fraction of sp³-hybridized carbons (Fsp3) is 0.222. The first kappa shape index (κ1) is 17.3. The van der Waals surface area contributed by atoms with E-state index in [1.54, 1.807) is 0 Å². The van der Waals surface area contributed by atoms with Crippen LogP contribution in [0.4, 0.5) is 0 Å². The Balaban J connectivity index is 0.00000176. The Labute approximate surface area is 146 Å². The van der Waals surface area contributed by atoms with Crippen LogP contribution in [0, 0.1) is 0 Å². The Kier molecular flexibility index (Phi) is 5.87. The van der Waals surface area contributed by atoms with E-state index < -0.39 is 0 Å². The molecule has 1 nitrogen and oxygen atoms in total. The third kappa shape index (κ3) is 3.64. The maximum absolute atomic E-state index is 6.20. The number of likely N-dealkylation sites (N-methyl/N-ethyl adjacent to an activating group) is 1. The van der Waals surface area contributed by atoms with Gasteiger partial charge < -0.3 is 4.90 Å². The molecule has 1 aromatic heterocycles. The van der Waals surface area contributed by atoms with Gasteiger partial charge in [0.15, 0.2) is 0 Å². The second-order valence-corrected chi connectivity index (χ2v) is 6.96. The molecule has 116 valence electrons. The van der Waals surface area contributed by atoms with Gasteiger partial charge in [0.05, 0.1) is 0 Å². The quantitative estimate of drug-likeness (QED) is 0.578. The lowest BCUT2D eigenvalue weighted by molar-refractivity contribution is 0.414. The first-order valence-corrected chi connectivity index (χ1v) is 8.25.